The molecular formula is C16H21N3O5. The molecule has 2 amide bonds. The molecule has 4 N–H and O–H groups in total. The van der Waals surface area contributed by atoms with E-state index < -0.39 is 24.1 Å². The van der Waals surface area contributed by atoms with Crippen LogP contribution in [-0.4, -0.2) is 39.3 Å². The summed E-state index contributed by atoms with van der Waals surface area (Å²) >= 11 is 0. The molecule has 8 heteroatoms. The van der Waals surface area contributed by atoms with Gasteiger partial charge in [-0.15, -0.1) is 0 Å². The summed E-state index contributed by atoms with van der Waals surface area (Å²) in [5, 5.41) is 23.2. The number of fused-ring (bicyclic) bond motifs is 1. The zero-order valence-corrected chi connectivity index (χ0v) is 14.0. The molecular weight excluding hydrogens is 314 g/mol. The molecule has 2 rings (SSSR count). The third kappa shape index (κ3) is 4.02. The van der Waals surface area contributed by atoms with Crippen LogP contribution in [0.1, 0.15) is 33.6 Å². The van der Waals surface area contributed by atoms with E-state index in [1.807, 2.05) is 20.8 Å². The van der Waals surface area contributed by atoms with E-state index in [-0.39, 0.29) is 5.41 Å². The fraction of sp³-hybridized carbons (Fsp3) is 0.438. The predicted molar refractivity (Wildman–Crippen MR) is 88.0 cm³/mol. The number of carboxylic acids is 1. The first kappa shape index (κ1) is 17.7. The number of nitrogens with zero attached hydrogens (tertiary/aromatic N) is 1. The standard InChI is InChI=1S/C16H21N3O5/c1-15(2,3)12-19-10-7-9(5-6-11(10)24-12)18-14(22)17-8-16(4,23)13(20)21/h5-7,23H,8H2,1-4H3,(H,20,21)(H2,17,18,22). The minimum atomic E-state index is -2.03. The zero-order chi connectivity index (χ0) is 18.1. The van der Waals surface area contributed by atoms with Crippen molar-refractivity contribution in [1.29, 1.82) is 0 Å². The maximum absolute atomic E-state index is 11.8. The van der Waals surface area contributed by atoms with Gasteiger partial charge in [0.05, 0.1) is 6.54 Å². The van der Waals surface area contributed by atoms with Crippen LogP contribution in [0.15, 0.2) is 22.6 Å². The summed E-state index contributed by atoms with van der Waals surface area (Å²) in [6, 6.07) is 4.37. The van der Waals surface area contributed by atoms with Crippen molar-refractivity contribution in [3.63, 3.8) is 0 Å². The number of aliphatic carboxylic acids is 1. The van der Waals surface area contributed by atoms with Crippen molar-refractivity contribution >= 4 is 28.8 Å². The van der Waals surface area contributed by atoms with Gasteiger partial charge in [-0.05, 0) is 25.1 Å². The molecule has 130 valence electrons. The summed E-state index contributed by atoms with van der Waals surface area (Å²) in [6.07, 6.45) is 0. The lowest BCUT2D eigenvalue weighted by molar-refractivity contribution is -0.155. The third-order valence-corrected chi connectivity index (χ3v) is 3.34. The van der Waals surface area contributed by atoms with E-state index in [2.05, 4.69) is 15.6 Å². The number of hydrogen-bond donors (Lipinski definition) is 4. The Balaban J connectivity index is 2.07. The first-order valence-electron chi connectivity index (χ1n) is 7.41. The van der Waals surface area contributed by atoms with E-state index in [9.17, 15) is 14.7 Å². The van der Waals surface area contributed by atoms with Gasteiger partial charge in [-0.1, -0.05) is 20.8 Å². The Morgan fingerprint density at radius 1 is 1.25 bits per heavy atom. The lowest BCUT2D eigenvalue weighted by atomic mass is 9.97. The van der Waals surface area contributed by atoms with E-state index in [1.165, 1.54) is 0 Å². The molecule has 0 spiro atoms. The van der Waals surface area contributed by atoms with Crippen molar-refractivity contribution in [3.05, 3.63) is 24.1 Å². The average molecular weight is 335 g/mol. The summed E-state index contributed by atoms with van der Waals surface area (Å²) in [4.78, 5) is 27.0. The lowest BCUT2D eigenvalue weighted by Crippen LogP contribution is -2.47. The highest BCUT2D eigenvalue weighted by Crippen LogP contribution is 2.27. The molecule has 24 heavy (non-hydrogen) atoms. The number of hydrogen-bond acceptors (Lipinski definition) is 5. The first-order valence-corrected chi connectivity index (χ1v) is 7.41. The Morgan fingerprint density at radius 3 is 2.50 bits per heavy atom. The summed E-state index contributed by atoms with van der Waals surface area (Å²) in [5.74, 6) is -0.821. The predicted octanol–water partition coefficient (Wildman–Crippen LogP) is 2.08. The molecule has 1 atom stereocenters. The van der Waals surface area contributed by atoms with Crippen LogP contribution in [0, 0.1) is 0 Å². The number of aliphatic hydroxyl groups is 1. The molecule has 0 bridgehead atoms. The molecule has 8 nitrogen and oxygen atoms in total. The number of carbonyl (C=O) groups is 2. The van der Waals surface area contributed by atoms with Crippen LogP contribution in [0.4, 0.5) is 10.5 Å². The molecule has 0 saturated heterocycles. The normalized spacial score (nSPS) is 14.2. The van der Waals surface area contributed by atoms with Gasteiger partial charge < -0.3 is 25.3 Å². The fourth-order valence-electron chi connectivity index (χ4n) is 1.83. The van der Waals surface area contributed by atoms with Crippen LogP contribution in [-0.2, 0) is 10.2 Å². The molecule has 2 aromatic rings. The summed E-state index contributed by atoms with van der Waals surface area (Å²) in [5.41, 5.74) is -0.569. The fourth-order valence-corrected chi connectivity index (χ4v) is 1.83. The highest BCUT2D eigenvalue weighted by atomic mass is 16.4. The topological polar surface area (TPSA) is 125 Å². The van der Waals surface area contributed by atoms with Gasteiger partial charge in [0.25, 0.3) is 0 Å². The Bertz CT molecular complexity index is 774. The Kier molecular flexibility index (Phi) is 4.52. The SMILES string of the molecule is CC(O)(CNC(=O)Nc1ccc2oc(C(C)(C)C)nc2c1)C(=O)O. The number of carboxylic acid groups (broad SMARTS) is 1. The molecule has 0 saturated carbocycles. The number of rotatable bonds is 4. The molecule has 0 aliphatic heterocycles. The molecule has 0 fully saturated rings. The number of nitrogens with one attached hydrogen (secondary N) is 2. The zero-order valence-electron chi connectivity index (χ0n) is 14.0. The van der Waals surface area contributed by atoms with Gasteiger partial charge >= 0.3 is 12.0 Å². The van der Waals surface area contributed by atoms with E-state index in [0.717, 1.165) is 6.92 Å². The Morgan fingerprint density at radius 2 is 1.92 bits per heavy atom. The van der Waals surface area contributed by atoms with E-state index in [0.29, 0.717) is 22.7 Å². The van der Waals surface area contributed by atoms with Gasteiger partial charge in [0, 0.05) is 11.1 Å². The number of benzene rings is 1. The summed E-state index contributed by atoms with van der Waals surface area (Å²) in [7, 11) is 0. The van der Waals surface area contributed by atoms with Crippen LogP contribution in [0.5, 0.6) is 0 Å². The first-order chi connectivity index (χ1) is 11.0. The number of urea groups is 1. The van der Waals surface area contributed by atoms with Gasteiger partial charge in [0.1, 0.15) is 5.52 Å². The van der Waals surface area contributed by atoms with Gasteiger partial charge in [-0.3, -0.25) is 0 Å². The summed E-state index contributed by atoms with van der Waals surface area (Å²) in [6.45, 7) is 6.63. The average Bonchev–Trinajstić information content (AvgIpc) is 2.88. The number of amides is 2. The van der Waals surface area contributed by atoms with Crippen molar-refractivity contribution in [2.75, 3.05) is 11.9 Å². The molecule has 0 aliphatic rings. The molecule has 0 aliphatic carbocycles. The molecule has 1 aromatic heterocycles. The van der Waals surface area contributed by atoms with E-state index in [4.69, 9.17) is 9.52 Å². The van der Waals surface area contributed by atoms with Crippen molar-refractivity contribution in [2.45, 2.75) is 38.7 Å². The monoisotopic (exact) mass is 335 g/mol. The minimum Gasteiger partial charge on any atom is -0.479 e. The quantitative estimate of drug-likeness (QED) is 0.678. The number of carbonyl (C=O) groups excluding carboxylic acids is 1. The smallest absolute Gasteiger partial charge is 0.337 e. The molecule has 0 radical (unpaired) electrons. The molecule has 1 aromatic carbocycles. The summed E-state index contributed by atoms with van der Waals surface area (Å²) < 4.78 is 5.67. The second-order valence-corrected chi connectivity index (χ2v) is 6.84. The van der Waals surface area contributed by atoms with Crippen LogP contribution in [0.3, 0.4) is 0 Å². The Labute approximate surface area is 138 Å². The van der Waals surface area contributed by atoms with Crippen molar-refractivity contribution < 1.29 is 24.2 Å². The van der Waals surface area contributed by atoms with Crippen molar-refractivity contribution in [3.8, 4) is 0 Å². The van der Waals surface area contributed by atoms with Crippen LogP contribution >= 0.6 is 0 Å². The largest absolute Gasteiger partial charge is 0.479 e. The van der Waals surface area contributed by atoms with Gasteiger partial charge in [-0.25, -0.2) is 14.6 Å². The van der Waals surface area contributed by atoms with Gasteiger partial charge in [0.15, 0.2) is 11.2 Å². The molecule has 1 heterocycles. The number of aromatic nitrogens is 1. The maximum Gasteiger partial charge on any atom is 0.337 e. The molecule has 1 unspecified atom stereocenters. The maximum atomic E-state index is 11.8. The number of oxazole rings is 1. The van der Waals surface area contributed by atoms with Crippen LogP contribution < -0.4 is 10.6 Å². The Hall–Kier alpha value is -2.61. The van der Waals surface area contributed by atoms with Gasteiger partial charge in [-0.2, -0.15) is 0 Å². The number of anilines is 1. The second kappa shape index (κ2) is 6.12. The van der Waals surface area contributed by atoms with Gasteiger partial charge in [0.2, 0.25) is 5.89 Å². The third-order valence-electron chi connectivity index (χ3n) is 3.34. The van der Waals surface area contributed by atoms with E-state index >= 15 is 0 Å². The van der Waals surface area contributed by atoms with Crippen molar-refractivity contribution in [2.24, 2.45) is 0 Å². The minimum absolute atomic E-state index is 0.230. The highest BCUT2D eigenvalue weighted by molar-refractivity contribution is 5.92. The van der Waals surface area contributed by atoms with Crippen LogP contribution in [0.2, 0.25) is 0 Å². The highest BCUT2D eigenvalue weighted by Gasteiger charge is 2.30. The van der Waals surface area contributed by atoms with Crippen LogP contribution in [0.25, 0.3) is 11.1 Å². The van der Waals surface area contributed by atoms with E-state index in [1.54, 1.807) is 18.2 Å². The lowest BCUT2D eigenvalue weighted by Gasteiger charge is -2.18. The second-order valence-electron chi connectivity index (χ2n) is 6.84. The van der Waals surface area contributed by atoms with Crippen molar-refractivity contribution in [1.82, 2.24) is 10.3 Å².